The first-order valence-corrected chi connectivity index (χ1v) is 6.38. The fraction of sp³-hybridized carbons (Fsp3) is 0.462. The minimum Gasteiger partial charge on any atom is -0.374 e. The van der Waals surface area contributed by atoms with Crippen LogP contribution >= 0.6 is 11.6 Å². The van der Waals surface area contributed by atoms with Gasteiger partial charge in [-0.2, -0.15) is 0 Å². The van der Waals surface area contributed by atoms with Gasteiger partial charge in [-0.1, -0.05) is 17.7 Å². The summed E-state index contributed by atoms with van der Waals surface area (Å²) in [5.41, 5.74) is 0.605. The van der Waals surface area contributed by atoms with Crippen LogP contribution in [0.4, 0.5) is 0 Å². The summed E-state index contributed by atoms with van der Waals surface area (Å²) in [7, 11) is 1.78. The predicted octanol–water partition coefficient (Wildman–Crippen LogP) is 1.40. The fourth-order valence-electron chi connectivity index (χ4n) is 1.97. The monoisotopic (exact) mass is 268 g/mol. The SMILES string of the molecule is CN(CC1CNCCO1)C(=O)c1cccc(Cl)c1. The van der Waals surface area contributed by atoms with E-state index in [2.05, 4.69) is 5.32 Å². The molecule has 0 saturated carbocycles. The van der Waals surface area contributed by atoms with Crippen molar-refractivity contribution in [2.45, 2.75) is 6.10 Å². The summed E-state index contributed by atoms with van der Waals surface area (Å²) in [6, 6.07) is 6.99. The highest BCUT2D eigenvalue weighted by atomic mass is 35.5. The van der Waals surface area contributed by atoms with Crippen LogP contribution in [0, 0.1) is 0 Å². The zero-order valence-electron chi connectivity index (χ0n) is 10.4. The lowest BCUT2D eigenvalue weighted by Gasteiger charge is -2.28. The zero-order chi connectivity index (χ0) is 13.0. The van der Waals surface area contributed by atoms with E-state index < -0.39 is 0 Å². The average molecular weight is 269 g/mol. The van der Waals surface area contributed by atoms with Crippen molar-refractivity contribution in [2.75, 3.05) is 33.3 Å². The minimum absolute atomic E-state index is 0.0355. The van der Waals surface area contributed by atoms with Gasteiger partial charge < -0.3 is 15.0 Å². The van der Waals surface area contributed by atoms with Crippen LogP contribution in [0.5, 0.6) is 0 Å². The highest BCUT2D eigenvalue weighted by molar-refractivity contribution is 6.30. The zero-order valence-corrected chi connectivity index (χ0v) is 11.1. The van der Waals surface area contributed by atoms with Crippen LogP contribution in [0.3, 0.4) is 0 Å². The van der Waals surface area contributed by atoms with Gasteiger partial charge in [0.25, 0.3) is 5.91 Å². The maximum atomic E-state index is 12.2. The van der Waals surface area contributed by atoms with Crippen LogP contribution in [0.1, 0.15) is 10.4 Å². The van der Waals surface area contributed by atoms with Gasteiger partial charge in [-0.3, -0.25) is 4.79 Å². The number of ether oxygens (including phenoxy) is 1. The Kier molecular flexibility index (Phi) is 4.58. The van der Waals surface area contributed by atoms with Crippen molar-refractivity contribution >= 4 is 17.5 Å². The number of halogens is 1. The van der Waals surface area contributed by atoms with Gasteiger partial charge in [0.15, 0.2) is 0 Å². The second-order valence-corrected chi connectivity index (χ2v) is 4.83. The third-order valence-electron chi connectivity index (χ3n) is 2.90. The van der Waals surface area contributed by atoms with E-state index in [0.29, 0.717) is 23.7 Å². The van der Waals surface area contributed by atoms with Gasteiger partial charge >= 0.3 is 0 Å². The number of carbonyl (C=O) groups excluding carboxylic acids is 1. The normalized spacial score (nSPS) is 19.6. The molecule has 2 rings (SSSR count). The number of carbonyl (C=O) groups is 1. The molecule has 1 N–H and O–H groups in total. The Bertz CT molecular complexity index is 419. The van der Waals surface area contributed by atoms with Crippen molar-refractivity contribution < 1.29 is 9.53 Å². The van der Waals surface area contributed by atoms with E-state index in [1.54, 1.807) is 36.2 Å². The highest BCUT2D eigenvalue weighted by Gasteiger charge is 2.19. The van der Waals surface area contributed by atoms with E-state index in [-0.39, 0.29) is 12.0 Å². The molecule has 1 aliphatic rings. The molecule has 4 nitrogen and oxygen atoms in total. The average Bonchev–Trinajstić information content (AvgIpc) is 2.39. The molecule has 0 aliphatic carbocycles. The first kappa shape index (κ1) is 13.3. The molecule has 1 heterocycles. The number of nitrogens with one attached hydrogen (secondary N) is 1. The molecule has 18 heavy (non-hydrogen) atoms. The maximum Gasteiger partial charge on any atom is 0.253 e. The first-order valence-electron chi connectivity index (χ1n) is 6.00. The number of nitrogens with zero attached hydrogens (tertiary/aromatic N) is 1. The van der Waals surface area contributed by atoms with Gasteiger partial charge in [0, 0.05) is 37.3 Å². The molecule has 1 unspecified atom stereocenters. The van der Waals surface area contributed by atoms with Crippen LogP contribution < -0.4 is 5.32 Å². The Labute approximate surface area is 112 Å². The Hall–Kier alpha value is -1.10. The Morgan fingerprint density at radius 1 is 1.61 bits per heavy atom. The largest absolute Gasteiger partial charge is 0.374 e. The number of hydrogen-bond donors (Lipinski definition) is 1. The third-order valence-corrected chi connectivity index (χ3v) is 3.14. The fourth-order valence-corrected chi connectivity index (χ4v) is 2.16. The lowest BCUT2D eigenvalue weighted by molar-refractivity contribution is 0.0104. The summed E-state index contributed by atoms with van der Waals surface area (Å²) in [6.45, 7) is 2.94. The van der Waals surface area contributed by atoms with E-state index in [4.69, 9.17) is 16.3 Å². The van der Waals surface area contributed by atoms with E-state index in [9.17, 15) is 4.79 Å². The standard InChI is InChI=1S/C13H17ClN2O2/c1-16(9-12-8-15-5-6-18-12)13(17)10-3-2-4-11(14)7-10/h2-4,7,12,15H,5-6,8-9H2,1H3. The van der Waals surface area contributed by atoms with Crippen molar-refractivity contribution in [3.8, 4) is 0 Å². The molecule has 0 spiro atoms. The Morgan fingerprint density at radius 2 is 2.44 bits per heavy atom. The van der Waals surface area contributed by atoms with Crippen molar-refractivity contribution in [1.82, 2.24) is 10.2 Å². The van der Waals surface area contributed by atoms with Crippen LogP contribution in [0.15, 0.2) is 24.3 Å². The summed E-state index contributed by atoms with van der Waals surface area (Å²) in [4.78, 5) is 13.8. The molecule has 0 aromatic heterocycles. The molecule has 1 aromatic rings. The number of likely N-dealkylation sites (N-methyl/N-ethyl adjacent to an activating group) is 1. The quantitative estimate of drug-likeness (QED) is 0.901. The number of amides is 1. The van der Waals surface area contributed by atoms with Gasteiger partial charge in [0.1, 0.15) is 0 Å². The predicted molar refractivity (Wildman–Crippen MR) is 71.0 cm³/mol. The molecule has 1 fully saturated rings. The van der Waals surface area contributed by atoms with Crippen molar-refractivity contribution in [2.24, 2.45) is 0 Å². The molecule has 1 saturated heterocycles. The smallest absolute Gasteiger partial charge is 0.253 e. The molecular weight excluding hydrogens is 252 g/mol. The lowest BCUT2D eigenvalue weighted by Crippen LogP contribution is -2.45. The van der Waals surface area contributed by atoms with E-state index in [0.717, 1.165) is 13.1 Å². The molecule has 1 atom stereocenters. The van der Waals surface area contributed by atoms with E-state index in [1.165, 1.54) is 0 Å². The van der Waals surface area contributed by atoms with Crippen molar-refractivity contribution in [3.05, 3.63) is 34.9 Å². The van der Waals surface area contributed by atoms with Crippen LogP contribution in [-0.2, 0) is 4.74 Å². The molecule has 98 valence electrons. The van der Waals surface area contributed by atoms with Crippen molar-refractivity contribution in [1.29, 1.82) is 0 Å². The second kappa shape index (κ2) is 6.18. The van der Waals surface area contributed by atoms with Crippen LogP contribution in [0.2, 0.25) is 5.02 Å². The lowest BCUT2D eigenvalue weighted by atomic mass is 10.2. The molecular formula is C13H17ClN2O2. The maximum absolute atomic E-state index is 12.2. The molecule has 1 aliphatic heterocycles. The van der Waals surface area contributed by atoms with Crippen LogP contribution in [-0.4, -0.2) is 50.2 Å². The second-order valence-electron chi connectivity index (χ2n) is 4.39. The summed E-state index contributed by atoms with van der Waals surface area (Å²) in [5.74, 6) is -0.0355. The summed E-state index contributed by atoms with van der Waals surface area (Å²) < 4.78 is 5.58. The molecule has 5 heteroatoms. The van der Waals surface area contributed by atoms with Gasteiger partial charge in [0.05, 0.1) is 12.7 Å². The number of benzene rings is 1. The molecule has 0 radical (unpaired) electrons. The molecule has 1 amide bonds. The Morgan fingerprint density at radius 3 is 3.11 bits per heavy atom. The number of rotatable bonds is 3. The van der Waals surface area contributed by atoms with Gasteiger partial charge in [-0.15, -0.1) is 0 Å². The molecule has 0 bridgehead atoms. The van der Waals surface area contributed by atoms with Gasteiger partial charge in [0.2, 0.25) is 0 Å². The van der Waals surface area contributed by atoms with Gasteiger partial charge in [-0.25, -0.2) is 0 Å². The minimum atomic E-state index is -0.0355. The highest BCUT2D eigenvalue weighted by Crippen LogP contribution is 2.12. The van der Waals surface area contributed by atoms with E-state index >= 15 is 0 Å². The van der Waals surface area contributed by atoms with Crippen LogP contribution in [0.25, 0.3) is 0 Å². The van der Waals surface area contributed by atoms with E-state index in [1.807, 2.05) is 0 Å². The summed E-state index contributed by atoms with van der Waals surface area (Å²) in [6.07, 6.45) is 0.0619. The topological polar surface area (TPSA) is 41.6 Å². The first-order chi connectivity index (χ1) is 8.66. The van der Waals surface area contributed by atoms with Crippen molar-refractivity contribution in [3.63, 3.8) is 0 Å². The Balaban J connectivity index is 1.95. The molecule has 1 aromatic carbocycles. The summed E-state index contributed by atoms with van der Waals surface area (Å²) in [5, 5.41) is 3.82. The van der Waals surface area contributed by atoms with Gasteiger partial charge in [-0.05, 0) is 18.2 Å². The number of hydrogen-bond acceptors (Lipinski definition) is 3. The number of morpholine rings is 1. The third kappa shape index (κ3) is 3.45. The summed E-state index contributed by atoms with van der Waals surface area (Å²) >= 11 is 5.88.